The number of nitrogens with one attached hydrogen (secondary N) is 1. The number of rotatable bonds is 0. The van der Waals surface area contributed by atoms with Gasteiger partial charge in [-0.2, -0.15) is 0 Å². The maximum Gasteiger partial charge on any atom is 0.317 e. The molecule has 0 spiro atoms. The third-order valence-electron chi connectivity index (χ3n) is 3.08. The average Bonchev–Trinajstić information content (AvgIpc) is 2.31. The van der Waals surface area contributed by atoms with Crippen molar-refractivity contribution >= 4 is 13.9 Å². The first-order valence-corrected chi connectivity index (χ1v) is 4.70. The average molecular weight is 182 g/mol. The van der Waals surface area contributed by atoms with E-state index >= 15 is 0 Å². The third-order valence-corrected chi connectivity index (χ3v) is 3.08. The Labute approximate surface area is 79.0 Å². The quantitative estimate of drug-likeness (QED) is 0.495. The van der Waals surface area contributed by atoms with Gasteiger partial charge in [0, 0.05) is 26.0 Å². The Morgan fingerprint density at radius 2 is 2.46 bits per heavy atom. The monoisotopic (exact) mass is 182 g/mol. The molecule has 0 saturated carbocycles. The van der Waals surface area contributed by atoms with Crippen LogP contribution < -0.4 is 5.32 Å². The van der Waals surface area contributed by atoms with Crippen molar-refractivity contribution in [1.82, 2.24) is 10.2 Å². The first kappa shape index (κ1) is 8.87. The fourth-order valence-electron chi connectivity index (χ4n) is 2.29. The summed E-state index contributed by atoms with van der Waals surface area (Å²) in [6, 6.07) is 0.400. The lowest BCUT2D eigenvalue weighted by atomic mass is 9.90. The minimum atomic E-state index is -0.162. The molecule has 2 rings (SSSR count). The molecule has 1 N–H and O–H groups in total. The molecule has 0 aromatic carbocycles. The van der Waals surface area contributed by atoms with E-state index in [-0.39, 0.29) is 23.7 Å². The van der Waals surface area contributed by atoms with Gasteiger partial charge in [-0.15, -0.1) is 0 Å². The number of fused-ring (bicyclic) bond motifs is 2. The van der Waals surface area contributed by atoms with Crippen molar-refractivity contribution in [2.24, 2.45) is 0 Å². The molecule has 2 fully saturated rings. The standard InChI is InChI=1S/C8H15BN2O2/c1-8-3-5(6(9)13-8)11(2)7(12)10-4-8/h5-6H,3-4,9H2,1-2H3,(H,10,12)/t5?,6?,8-/m1/s1. The molecular formula is C8H15BN2O2. The summed E-state index contributed by atoms with van der Waals surface area (Å²) in [5.41, 5.74) is -0.162. The molecule has 72 valence electrons. The SMILES string of the molecule is BC1O[C@@]2(C)CNC(=O)N(C)C1C2. The van der Waals surface area contributed by atoms with Crippen molar-refractivity contribution in [2.45, 2.75) is 31.0 Å². The molecule has 13 heavy (non-hydrogen) atoms. The first-order valence-electron chi connectivity index (χ1n) is 4.70. The Morgan fingerprint density at radius 1 is 1.77 bits per heavy atom. The highest BCUT2D eigenvalue weighted by Crippen LogP contribution is 2.33. The zero-order chi connectivity index (χ0) is 9.64. The fraction of sp³-hybridized carbons (Fsp3) is 0.875. The van der Waals surface area contributed by atoms with Gasteiger partial charge in [0.2, 0.25) is 0 Å². The summed E-state index contributed by atoms with van der Waals surface area (Å²) in [6.07, 6.45) is 0.934. The van der Waals surface area contributed by atoms with Gasteiger partial charge in [-0.25, -0.2) is 4.79 Å². The first-order chi connectivity index (χ1) is 6.02. The summed E-state index contributed by atoms with van der Waals surface area (Å²) in [7, 11) is 3.86. The van der Waals surface area contributed by atoms with Crippen molar-refractivity contribution in [3.63, 3.8) is 0 Å². The second kappa shape index (κ2) is 2.64. The van der Waals surface area contributed by atoms with Gasteiger partial charge in [0.15, 0.2) is 0 Å². The Kier molecular flexibility index (Phi) is 1.80. The van der Waals surface area contributed by atoms with E-state index in [1.807, 2.05) is 14.9 Å². The smallest absolute Gasteiger partial charge is 0.317 e. The Balaban J connectivity index is 2.26. The maximum atomic E-state index is 11.5. The predicted molar refractivity (Wildman–Crippen MR) is 51.4 cm³/mol. The number of hydrogen-bond acceptors (Lipinski definition) is 2. The molecule has 2 bridgehead atoms. The molecule has 2 heterocycles. The van der Waals surface area contributed by atoms with Crippen LogP contribution >= 0.6 is 0 Å². The number of nitrogens with zero attached hydrogens (tertiary/aromatic N) is 1. The molecule has 2 unspecified atom stereocenters. The molecule has 5 heteroatoms. The van der Waals surface area contributed by atoms with Gasteiger partial charge >= 0.3 is 6.03 Å². The summed E-state index contributed by atoms with van der Waals surface area (Å²) in [5, 5.41) is 2.85. The molecule has 2 aliphatic heterocycles. The number of urea groups is 1. The summed E-state index contributed by atoms with van der Waals surface area (Å²) in [6.45, 7) is 2.68. The molecule has 4 nitrogen and oxygen atoms in total. The van der Waals surface area contributed by atoms with Crippen LogP contribution in [0.2, 0.25) is 0 Å². The van der Waals surface area contributed by atoms with Crippen LogP contribution in [0.15, 0.2) is 0 Å². The zero-order valence-corrected chi connectivity index (χ0v) is 8.33. The van der Waals surface area contributed by atoms with E-state index in [4.69, 9.17) is 4.74 Å². The van der Waals surface area contributed by atoms with Gasteiger partial charge in [0.25, 0.3) is 0 Å². The second-order valence-electron chi connectivity index (χ2n) is 4.31. The van der Waals surface area contributed by atoms with Crippen LogP contribution in [0, 0.1) is 0 Å². The van der Waals surface area contributed by atoms with Gasteiger partial charge in [-0.05, 0) is 6.92 Å². The van der Waals surface area contributed by atoms with E-state index < -0.39 is 0 Å². The highest BCUT2D eigenvalue weighted by atomic mass is 16.5. The summed E-state index contributed by atoms with van der Waals surface area (Å²) in [4.78, 5) is 13.2. The molecule has 0 aliphatic carbocycles. The zero-order valence-electron chi connectivity index (χ0n) is 8.33. The normalized spacial score (nSPS) is 44.5. The number of carbonyl (C=O) groups excluding carboxylic acids is 1. The van der Waals surface area contributed by atoms with E-state index in [1.165, 1.54) is 0 Å². The Bertz CT molecular complexity index is 248. The molecular weight excluding hydrogens is 167 g/mol. The van der Waals surface area contributed by atoms with Gasteiger partial charge in [-0.3, -0.25) is 0 Å². The van der Waals surface area contributed by atoms with Crippen LogP contribution in [-0.2, 0) is 4.74 Å². The number of amides is 2. The Morgan fingerprint density at radius 3 is 3.15 bits per heavy atom. The molecule has 0 radical (unpaired) electrons. The van der Waals surface area contributed by atoms with Crippen LogP contribution in [0.4, 0.5) is 4.79 Å². The molecule has 0 aromatic rings. The van der Waals surface area contributed by atoms with Crippen molar-refractivity contribution in [1.29, 1.82) is 0 Å². The van der Waals surface area contributed by atoms with Crippen molar-refractivity contribution in [3.8, 4) is 0 Å². The molecule has 3 atom stereocenters. The van der Waals surface area contributed by atoms with Crippen molar-refractivity contribution in [2.75, 3.05) is 13.6 Å². The minimum absolute atomic E-state index is 0.0175. The predicted octanol–water partition coefficient (Wildman–Crippen LogP) is -0.852. The van der Waals surface area contributed by atoms with Crippen LogP contribution in [0.1, 0.15) is 13.3 Å². The summed E-state index contributed by atoms with van der Waals surface area (Å²) in [5.74, 6) is 0. The van der Waals surface area contributed by atoms with Crippen LogP contribution in [0.5, 0.6) is 0 Å². The number of hydrogen-bond donors (Lipinski definition) is 1. The topological polar surface area (TPSA) is 41.6 Å². The molecule has 2 saturated heterocycles. The lowest BCUT2D eigenvalue weighted by Gasteiger charge is -2.28. The van der Waals surface area contributed by atoms with E-state index in [2.05, 4.69) is 12.2 Å². The van der Waals surface area contributed by atoms with Gasteiger partial charge in [-0.1, -0.05) is 0 Å². The van der Waals surface area contributed by atoms with Crippen LogP contribution in [0.25, 0.3) is 0 Å². The van der Waals surface area contributed by atoms with Crippen LogP contribution in [0.3, 0.4) is 0 Å². The fourth-order valence-corrected chi connectivity index (χ4v) is 2.29. The van der Waals surface area contributed by atoms with Crippen molar-refractivity contribution < 1.29 is 9.53 Å². The largest absolute Gasteiger partial charge is 0.377 e. The molecule has 2 aliphatic rings. The second-order valence-corrected chi connectivity index (χ2v) is 4.31. The molecule has 2 amide bonds. The number of likely N-dealkylation sites (N-methyl/N-ethyl adjacent to an activating group) is 1. The number of carbonyl (C=O) groups is 1. The van der Waals surface area contributed by atoms with Gasteiger partial charge < -0.3 is 15.0 Å². The number of ether oxygens (including phenoxy) is 1. The summed E-state index contributed by atoms with van der Waals surface area (Å²) < 4.78 is 5.82. The Hall–Kier alpha value is -0.705. The lowest BCUT2D eigenvalue weighted by molar-refractivity contribution is -0.00257. The van der Waals surface area contributed by atoms with E-state index in [0.29, 0.717) is 6.54 Å². The minimum Gasteiger partial charge on any atom is -0.377 e. The highest BCUT2D eigenvalue weighted by molar-refractivity contribution is 6.12. The van der Waals surface area contributed by atoms with E-state index in [9.17, 15) is 4.79 Å². The van der Waals surface area contributed by atoms with Gasteiger partial charge in [0.1, 0.15) is 7.85 Å². The summed E-state index contributed by atoms with van der Waals surface area (Å²) >= 11 is 0. The third kappa shape index (κ3) is 1.31. The van der Waals surface area contributed by atoms with Crippen molar-refractivity contribution in [3.05, 3.63) is 0 Å². The van der Waals surface area contributed by atoms with Gasteiger partial charge in [0.05, 0.1) is 11.6 Å². The lowest BCUT2D eigenvalue weighted by Crippen LogP contribution is -2.48. The highest BCUT2D eigenvalue weighted by Gasteiger charge is 2.46. The maximum absolute atomic E-state index is 11.5. The van der Waals surface area contributed by atoms with E-state index in [1.54, 1.807) is 4.90 Å². The van der Waals surface area contributed by atoms with Crippen LogP contribution in [-0.4, -0.2) is 50.0 Å². The molecule has 0 aromatic heterocycles. The van der Waals surface area contributed by atoms with E-state index in [0.717, 1.165) is 6.42 Å².